The molecule has 2 amide bonds. The number of amides is 2. The van der Waals surface area contributed by atoms with Crippen molar-refractivity contribution in [3.63, 3.8) is 0 Å². The molecule has 3 aromatic carbocycles. The first kappa shape index (κ1) is 26.8. The van der Waals surface area contributed by atoms with Gasteiger partial charge in [0, 0.05) is 43.2 Å². The average molecular weight is 530 g/mol. The lowest BCUT2D eigenvalue weighted by Crippen LogP contribution is -2.35. The Kier molecular flexibility index (Phi) is 8.53. The van der Waals surface area contributed by atoms with Gasteiger partial charge in [-0.15, -0.1) is 0 Å². The maximum absolute atomic E-state index is 12.4. The predicted molar refractivity (Wildman–Crippen MR) is 151 cm³/mol. The highest BCUT2D eigenvalue weighted by atomic mass is 16.3. The van der Waals surface area contributed by atoms with Gasteiger partial charge in [-0.05, 0) is 60.4 Å². The van der Waals surface area contributed by atoms with Crippen LogP contribution >= 0.6 is 0 Å². The molecule has 0 bridgehead atoms. The Morgan fingerprint density at radius 2 is 1.13 bits per heavy atom. The molecule has 0 spiro atoms. The highest BCUT2D eigenvalue weighted by Gasteiger charge is 2.29. The SMILES string of the molecule is O=C(Nc1ccc(CN(Cc2ccc(NC(=O)C3CC(O)CN3)cc2)c2ccccc2)cc1)C1CC(O)CN1. The summed E-state index contributed by atoms with van der Waals surface area (Å²) in [5, 5.41) is 31.2. The van der Waals surface area contributed by atoms with E-state index in [9.17, 15) is 19.8 Å². The lowest BCUT2D eigenvalue weighted by atomic mass is 10.1. The molecule has 2 aliphatic rings. The average Bonchev–Trinajstić information content (AvgIpc) is 3.59. The molecular weight excluding hydrogens is 494 g/mol. The number of hydrogen-bond donors (Lipinski definition) is 6. The molecule has 0 saturated carbocycles. The van der Waals surface area contributed by atoms with E-state index >= 15 is 0 Å². The summed E-state index contributed by atoms with van der Waals surface area (Å²) in [7, 11) is 0. The Labute approximate surface area is 228 Å². The molecule has 9 nitrogen and oxygen atoms in total. The first-order valence-corrected chi connectivity index (χ1v) is 13.4. The Balaban J connectivity index is 1.21. The van der Waals surface area contributed by atoms with Crippen molar-refractivity contribution >= 4 is 28.9 Å². The van der Waals surface area contributed by atoms with Crippen LogP contribution in [0, 0.1) is 0 Å². The summed E-state index contributed by atoms with van der Waals surface area (Å²) >= 11 is 0. The quantitative estimate of drug-likeness (QED) is 0.251. The standard InChI is InChI=1S/C30H35N5O4/c36-25-14-27(31-16-25)29(38)33-22-10-6-20(7-11-22)18-35(24-4-2-1-3-5-24)19-21-8-12-23(13-9-21)34-30(39)28-15-26(37)17-32-28/h1-13,25-28,31-32,36-37H,14-19H2,(H,33,38)(H,34,39). The molecule has 2 fully saturated rings. The van der Waals surface area contributed by atoms with Crippen LogP contribution in [0.5, 0.6) is 0 Å². The second-order valence-corrected chi connectivity index (χ2v) is 10.3. The number of carbonyl (C=O) groups is 2. The van der Waals surface area contributed by atoms with Crippen molar-refractivity contribution in [2.75, 3.05) is 28.6 Å². The van der Waals surface area contributed by atoms with Crippen LogP contribution in [0.3, 0.4) is 0 Å². The molecule has 4 atom stereocenters. The summed E-state index contributed by atoms with van der Waals surface area (Å²) in [6, 6.07) is 25.1. The van der Waals surface area contributed by atoms with Crippen LogP contribution in [0.4, 0.5) is 17.1 Å². The first-order chi connectivity index (χ1) is 18.9. The number of hydrogen-bond acceptors (Lipinski definition) is 7. The van der Waals surface area contributed by atoms with Gasteiger partial charge in [0.1, 0.15) is 0 Å². The summed E-state index contributed by atoms with van der Waals surface area (Å²) < 4.78 is 0. The molecule has 6 N–H and O–H groups in total. The number of benzene rings is 3. The van der Waals surface area contributed by atoms with Crippen LogP contribution in [0.1, 0.15) is 24.0 Å². The zero-order valence-electron chi connectivity index (χ0n) is 21.7. The summed E-state index contributed by atoms with van der Waals surface area (Å²) in [5.41, 5.74) is 4.73. The van der Waals surface area contributed by atoms with Crippen LogP contribution in [0.15, 0.2) is 78.9 Å². The second-order valence-electron chi connectivity index (χ2n) is 10.3. The minimum absolute atomic E-state index is 0.137. The minimum Gasteiger partial charge on any atom is -0.392 e. The van der Waals surface area contributed by atoms with Crippen molar-refractivity contribution < 1.29 is 19.8 Å². The normalized spacial score (nSPS) is 22.4. The second kappa shape index (κ2) is 12.4. The number of para-hydroxylation sites is 1. The fourth-order valence-corrected chi connectivity index (χ4v) is 5.00. The maximum Gasteiger partial charge on any atom is 0.241 e. The maximum atomic E-state index is 12.4. The van der Waals surface area contributed by atoms with Crippen molar-refractivity contribution in [2.24, 2.45) is 0 Å². The molecule has 2 aliphatic heterocycles. The van der Waals surface area contributed by atoms with E-state index in [-0.39, 0.29) is 23.9 Å². The number of nitrogens with one attached hydrogen (secondary N) is 4. The van der Waals surface area contributed by atoms with Gasteiger partial charge in [-0.2, -0.15) is 0 Å². The highest BCUT2D eigenvalue weighted by Crippen LogP contribution is 2.22. The molecule has 0 radical (unpaired) electrons. The van der Waals surface area contributed by atoms with Gasteiger partial charge in [-0.3, -0.25) is 9.59 Å². The van der Waals surface area contributed by atoms with Crippen molar-refractivity contribution in [2.45, 2.75) is 50.2 Å². The minimum atomic E-state index is -0.480. The van der Waals surface area contributed by atoms with Crippen molar-refractivity contribution in [1.29, 1.82) is 0 Å². The number of rotatable bonds is 9. The van der Waals surface area contributed by atoms with Crippen molar-refractivity contribution in [1.82, 2.24) is 10.6 Å². The lowest BCUT2D eigenvalue weighted by molar-refractivity contribution is -0.118. The lowest BCUT2D eigenvalue weighted by Gasteiger charge is -2.25. The zero-order chi connectivity index (χ0) is 27.2. The Hall–Kier alpha value is -3.76. The van der Waals surface area contributed by atoms with Gasteiger partial charge in [0.2, 0.25) is 11.8 Å². The summed E-state index contributed by atoms with van der Waals surface area (Å²) in [6.07, 6.45) is -0.117. The molecule has 204 valence electrons. The molecule has 5 rings (SSSR count). The summed E-state index contributed by atoms with van der Waals surface area (Å²) in [6.45, 7) is 2.21. The molecule has 4 unspecified atom stereocenters. The monoisotopic (exact) mass is 529 g/mol. The molecule has 0 aliphatic carbocycles. The highest BCUT2D eigenvalue weighted by molar-refractivity contribution is 5.95. The van der Waals surface area contributed by atoms with Crippen LogP contribution in [0.2, 0.25) is 0 Å². The van der Waals surface area contributed by atoms with E-state index in [1.807, 2.05) is 66.7 Å². The van der Waals surface area contributed by atoms with E-state index in [0.717, 1.165) is 28.2 Å². The molecule has 3 aromatic rings. The summed E-state index contributed by atoms with van der Waals surface area (Å²) in [5.74, 6) is -0.274. The van der Waals surface area contributed by atoms with Gasteiger partial charge in [0.15, 0.2) is 0 Å². The van der Waals surface area contributed by atoms with Crippen molar-refractivity contribution in [3.05, 3.63) is 90.0 Å². The van der Waals surface area contributed by atoms with Gasteiger partial charge in [0.05, 0.1) is 24.3 Å². The van der Waals surface area contributed by atoms with Crippen LogP contribution in [-0.4, -0.2) is 59.4 Å². The third-order valence-electron chi connectivity index (χ3n) is 7.16. The van der Waals surface area contributed by atoms with E-state index in [4.69, 9.17) is 0 Å². The fourth-order valence-electron chi connectivity index (χ4n) is 5.00. The van der Waals surface area contributed by atoms with E-state index in [2.05, 4.69) is 38.3 Å². The van der Waals surface area contributed by atoms with Crippen LogP contribution in [0.25, 0.3) is 0 Å². The van der Waals surface area contributed by atoms with Crippen molar-refractivity contribution in [3.8, 4) is 0 Å². The molecular formula is C30H35N5O4. The van der Waals surface area contributed by atoms with Gasteiger partial charge < -0.3 is 36.4 Å². The van der Waals surface area contributed by atoms with E-state index in [1.165, 1.54) is 0 Å². The van der Waals surface area contributed by atoms with Gasteiger partial charge in [-0.1, -0.05) is 42.5 Å². The molecule has 39 heavy (non-hydrogen) atoms. The number of carbonyl (C=O) groups excluding carboxylic acids is 2. The number of nitrogens with zero attached hydrogens (tertiary/aromatic N) is 1. The van der Waals surface area contributed by atoms with E-state index in [0.29, 0.717) is 39.0 Å². The first-order valence-electron chi connectivity index (χ1n) is 13.4. The number of β-amino-alcohol motifs (C(OH)–C–C–N with tert-alkyl or cyclic N) is 2. The predicted octanol–water partition coefficient (Wildman–Crippen LogP) is 2.22. The van der Waals surface area contributed by atoms with Gasteiger partial charge in [-0.25, -0.2) is 0 Å². The van der Waals surface area contributed by atoms with Gasteiger partial charge >= 0.3 is 0 Å². The molecule has 9 heteroatoms. The zero-order valence-corrected chi connectivity index (χ0v) is 21.7. The molecule has 2 heterocycles. The van der Waals surface area contributed by atoms with E-state index < -0.39 is 12.2 Å². The Morgan fingerprint density at radius 1 is 0.692 bits per heavy atom. The number of anilines is 3. The third-order valence-corrected chi connectivity index (χ3v) is 7.16. The molecule has 2 saturated heterocycles. The van der Waals surface area contributed by atoms with Crippen LogP contribution in [-0.2, 0) is 22.7 Å². The topological polar surface area (TPSA) is 126 Å². The van der Waals surface area contributed by atoms with E-state index in [1.54, 1.807) is 0 Å². The number of aliphatic hydroxyl groups is 2. The fraction of sp³-hybridized carbons (Fsp3) is 0.333. The summed E-state index contributed by atoms with van der Waals surface area (Å²) in [4.78, 5) is 27.2. The Morgan fingerprint density at radius 3 is 1.51 bits per heavy atom. The smallest absolute Gasteiger partial charge is 0.241 e. The van der Waals surface area contributed by atoms with Gasteiger partial charge in [0.25, 0.3) is 0 Å². The van der Waals surface area contributed by atoms with Crippen LogP contribution < -0.4 is 26.2 Å². The number of aliphatic hydroxyl groups excluding tert-OH is 2. The Bertz CT molecular complexity index is 1170. The largest absolute Gasteiger partial charge is 0.392 e. The molecule has 0 aromatic heterocycles. The third kappa shape index (κ3) is 7.21.